The molecule has 1 heterocycles. The Balaban J connectivity index is 2.16. The molecule has 2 N–H and O–H groups in total. The highest BCUT2D eigenvalue weighted by Crippen LogP contribution is 2.16. The molecule has 0 saturated carbocycles. The molecule has 1 saturated heterocycles. The minimum Gasteiger partial charge on any atom is -0.356 e. The van der Waals surface area contributed by atoms with Crippen molar-refractivity contribution >= 4 is 11.8 Å². The highest BCUT2D eigenvalue weighted by Gasteiger charge is 2.21. The Morgan fingerprint density at radius 3 is 2.45 bits per heavy atom. The zero-order valence-electron chi connectivity index (χ0n) is 13.1. The van der Waals surface area contributed by atoms with Crippen LogP contribution in [-0.2, 0) is 9.59 Å². The van der Waals surface area contributed by atoms with Gasteiger partial charge in [-0.3, -0.25) is 9.59 Å². The van der Waals surface area contributed by atoms with Crippen molar-refractivity contribution in [3.05, 3.63) is 0 Å². The van der Waals surface area contributed by atoms with Crippen molar-refractivity contribution in [2.24, 2.45) is 11.8 Å². The summed E-state index contributed by atoms with van der Waals surface area (Å²) in [6.45, 7) is 7.23. The molecule has 5 nitrogen and oxygen atoms in total. The minimum absolute atomic E-state index is 0.0422. The van der Waals surface area contributed by atoms with Crippen molar-refractivity contribution in [1.82, 2.24) is 15.5 Å². The fraction of sp³-hybridized carbons (Fsp3) is 0.867. The molecule has 0 spiro atoms. The molecule has 0 aromatic carbocycles. The lowest BCUT2D eigenvalue weighted by atomic mass is 9.96. The summed E-state index contributed by atoms with van der Waals surface area (Å²) in [4.78, 5) is 25.4. The highest BCUT2D eigenvalue weighted by atomic mass is 16.2. The quantitative estimate of drug-likeness (QED) is 0.732. The molecule has 2 amide bonds. The number of amides is 2. The summed E-state index contributed by atoms with van der Waals surface area (Å²) in [6, 6.07) is 0. The van der Waals surface area contributed by atoms with Crippen LogP contribution in [0.2, 0.25) is 0 Å². The van der Waals surface area contributed by atoms with E-state index in [1.165, 1.54) is 0 Å². The Kier molecular flexibility index (Phi) is 7.59. The molecular weight excluding hydrogens is 254 g/mol. The van der Waals surface area contributed by atoms with Gasteiger partial charge in [-0.15, -0.1) is 0 Å². The van der Waals surface area contributed by atoms with Gasteiger partial charge in [0.05, 0.1) is 0 Å². The van der Waals surface area contributed by atoms with E-state index in [1.54, 1.807) is 0 Å². The number of nitrogens with zero attached hydrogens (tertiary/aromatic N) is 1. The fourth-order valence-electron chi connectivity index (χ4n) is 2.59. The van der Waals surface area contributed by atoms with Crippen LogP contribution >= 0.6 is 0 Å². The van der Waals surface area contributed by atoms with Crippen molar-refractivity contribution in [3.8, 4) is 0 Å². The van der Waals surface area contributed by atoms with Gasteiger partial charge in [-0.2, -0.15) is 0 Å². The molecule has 0 bridgehead atoms. The molecule has 0 aliphatic carbocycles. The van der Waals surface area contributed by atoms with Gasteiger partial charge >= 0.3 is 0 Å². The molecule has 0 unspecified atom stereocenters. The molecule has 116 valence electrons. The number of nitrogens with one attached hydrogen (secondary N) is 2. The van der Waals surface area contributed by atoms with Crippen molar-refractivity contribution in [3.63, 3.8) is 0 Å². The third kappa shape index (κ3) is 6.37. The van der Waals surface area contributed by atoms with E-state index < -0.39 is 0 Å². The van der Waals surface area contributed by atoms with Gasteiger partial charge in [-0.1, -0.05) is 13.8 Å². The number of hydrogen-bond donors (Lipinski definition) is 2. The van der Waals surface area contributed by atoms with Gasteiger partial charge in [0.1, 0.15) is 0 Å². The second-order valence-corrected chi connectivity index (χ2v) is 6.08. The Bertz CT molecular complexity index is 310. The van der Waals surface area contributed by atoms with E-state index in [0.717, 1.165) is 32.5 Å². The van der Waals surface area contributed by atoms with Crippen LogP contribution in [0, 0.1) is 11.8 Å². The summed E-state index contributed by atoms with van der Waals surface area (Å²) in [5.41, 5.74) is 0. The van der Waals surface area contributed by atoms with Gasteiger partial charge in [0.2, 0.25) is 11.8 Å². The molecule has 0 atom stereocenters. The second-order valence-electron chi connectivity index (χ2n) is 6.08. The largest absolute Gasteiger partial charge is 0.356 e. The first kappa shape index (κ1) is 17.0. The average molecular weight is 283 g/mol. The van der Waals surface area contributed by atoms with E-state index in [0.29, 0.717) is 31.2 Å². The van der Waals surface area contributed by atoms with E-state index in [4.69, 9.17) is 0 Å². The third-order valence-corrected chi connectivity index (χ3v) is 3.71. The van der Waals surface area contributed by atoms with E-state index >= 15 is 0 Å². The maximum absolute atomic E-state index is 12.0. The van der Waals surface area contributed by atoms with Crippen LogP contribution in [-0.4, -0.2) is 49.9 Å². The van der Waals surface area contributed by atoms with E-state index in [9.17, 15) is 9.59 Å². The van der Waals surface area contributed by atoms with Crippen molar-refractivity contribution in [2.45, 2.75) is 39.5 Å². The van der Waals surface area contributed by atoms with E-state index in [1.807, 2.05) is 25.8 Å². The van der Waals surface area contributed by atoms with Crippen molar-refractivity contribution < 1.29 is 9.59 Å². The molecule has 1 rings (SSSR count). The van der Waals surface area contributed by atoms with Crippen LogP contribution in [0.4, 0.5) is 0 Å². The Hall–Kier alpha value is -1.10. The molecule has 1 aliphatic rings. The number of hydrogen-bond acceptors (Lipinski definition) is 3. The predicted molar refractivity (Wildman–Crippen MR) is 80.3 cm³/mol. The first-order chi connectivity index (χ1) is 9.52. The molecule has 20 heavy (non-hydrogen) atoms. The summed E-state index contributed by atoms with van der Waals surface area (Å²) in [5.74, 6) is 1.25. The van der Waals surface area contributed by atoms with Crippen LogP contribution in [0.5, 0.6) is 0 Å². The highest BCUT2D eigenvalue weighted by molar-refractivity contribution is 5.79. The molecule has 0 aromatic heterocycles. The second kappa shape index (κ2) is 8.95. The molecule has 0 aromatic rings. The lowest BCUT2D eigenvalue weighted by Gasteiger charge is -2.32. The van der Waals surface area contributed by atoms with Gasteiger partial charge < -0.3 is 15.5 Å². The Morgan fingerprint density at radius 2 is 1.90 bits per heavy atom. The average Bonchev–Trinajstić information content (AvgIpc) is 2.39. The summed E-state index contributed by atoms with van der Waals surface area (Å²) >= 11 is 0. The van der Waals surface area contributed by atoms with E-state index in [2.05, 4.69) is 10.6 Å². The number of piperidine rings is 1. The minimum atomic E-state index is 0.0422. The molecule has 0 radical (unpaired) electrons. The summed E-state index contributed by atoms with van der Waals surface area (Å²) < 4.78 is 0. The topological polar surface area (TPSA) is 61.4 Å². The zero-order chi connectivity index (χ0) is 15.0. The molecule has 1 aliphatic heterocycles. The number of rotatable bonds is 7. The van der Waals surface area contributed by atoms with Crippen LogP contribution in [0.1, 0.15) is 39.5 Å². The van der Waals surface area contributed by atoms with Gasteiger partial charge in [0.25, 0.3) is 0 Å². The fourth-order valence-corrected chi connectivity index (χ4v) is 2.59. The van der Waals surface area contributed by atoms with Gasteiger partial charge in [-0.25, -0.2) is 0 Å². The van der Waals surface area contributed by atoms with Crippen LogP contribution in [0.15, 0.2) is 0 Å². The summed E-state index contributed by atoms with van der Waals surface area (Å²) in [6.07, 6.45) is 3.10. The number of carbonyl (C=O) groups is 2. The standard InChI is InChI=1S/C15H29N3O2/c1-12(2)10-14(19)17-7-4-15(20)18-8-5-13(6-9-18)11-16-3/h12-13,16H,4-11H2,1-3H3,(H,17,19). The predicted octanol–water partition coefficient (Wildman–Crippen LogP) is 0.997. The van der Waals surface area contributed by atoms with Crippen molar-refractivity contribution in [2.75, 3.05) is 33.2 Å². The number of carbonyl (C=O) groups excluding carboxylic acids is 2. The van der Waals surface area contributed by atoms with Gasteiger partial charge in [0.15, 0.2) is 0 Å². The maximum Gasteiger partial charge on any atom is 0.224 e. The SMILES string of the molecule is CNCC1CCN(C(=O)CCNC(=O)CC(C)C)CC1. The monoisotopic (exact) mass is 283 g/mol. The normalized spacial score (nSPS) is 16.5. The Morgan fingerprint density at radius 1 is 1.25 bits per heavy atom. The molecular formula is C15H29N3O2. The van der Waals surface area contributed by atoms with Crippen LogP contribution in [0.3, 0.4) is 0 Å². The number of likely N-dealkylation sites (tertiary alicyclic amines) is 1. The van der Waals surface area contributed by atoms with E-state index in [-0.39, 0.29) is 11.8 Å². The van der Waals surface area contributed by atoms with Gasteiger partial charge in [-0.05, 0) is 38.3 Å². The first-order valence-electron chi connectivity index (χ1n) is 7.72. The van der Waals surface area contributed by atoms with Gasteiger partial charge in [0, 0.05) is 32.5 Å². The summed E-state index contributed by atoms with van der Waals surface area (Å²) in [5, 5.41) is 6.01. The maximum atomic E-state index is 12.0. The lowest BCUT2D eigenvalue weighted by molar-refractivity contribution is -0.132. The zero-order valence-corrected chi connectivity index (χ0v) is 13.1. The Labute approximate surface area is 122 Å². The van der Waals surface area contributed by atoms with Crippen LogP contribution < -0.4 is 10.6 Å². The molecule has 1 fully saturated rings. The van der Waals surface area contributed by atoms with Crippen LogP contribution in [0.25, 0.3) is 0 Å². The van der Waals surface area contributed by atoms with Crippen molar-refractivity contribution in [1.29, 1.82) is 0 Å². The smallest absolute Gasteiger partial charge is 0.224 e. The summed E-state index contributed by atoms with van der Waals surface area (Å²) in [7, 11) is 1.97. The first-order valence-corrected chi connectivity index (χ1v) is 7.72. The molecule has 5 heteroatoms. The third-order valence-electron chi connectivity index (χ3n) is 3.71. The lowest BCUT2D eigenvalue weighted by Crippen LogP contribution is -2.41.